The van der Waals surface area contributed by atoms with Gasteiger partial charge in [-0.15, -0.1) is 0 Å². The Bertz CT molecular complexity index is 486. The molecule has 6 nitrogen and oxygen atoms in total. The van der Waals surface area contributed by atoms with E-state index >= 15 is 0 Å². The maximum atomic E-state index is 11.1. The van der Waals surface area contributed by atoms with E-state index in [-0.39, 0.29) is 4.90 Å². The third-order valence-electron chi connectivity index (χ3n) is 2.99. The Labute approximate surface area is 101 Å². The van der Waals surface area contributed by atoms with E-state index in [2.05, 4.69) is 9.88 Å². The van der Waals surface area contributed by atoms with Gasteiger partial charge in [-0.1, -0.05) is 0 Å². The maximum absolute atomic E-state index is 11.1. The van der Waals surface area contributed by atoms with Gasteiger partial charge in [-0.05, 0) is 25.0 Å². The normalized spacial score (nSPS) is 20.8. The number of rotatable bonds is 3. The topological polar surface area (TPSA) is 102 Å². The van der Waals surface area contributed by atoms with E-state index in [4.69, 9.17) is 10.9 Å². The molecule has 0 aromatic carbocycles. The van der Waals surface area contributed by atoms with Crippen LogP contribution in [0.2, 0.25) is 0 Å². The van der Waals surface area contributed by atoms with Crippen molar-refractivity contribution in [3.63, 3.8) is 0 Å². The lowest BCUT2D eigenvalue weighted by atomic mass is 10.2. The van der Waals surface area contributed by atoms with E-state index in [9.17, 15) is 8.42 Å². The predicted molar refractivity (Wildman–Crippen MR) is 65.0 cm³/mol. The smallest absolute Gasteiger partial charge is 0.239 e. The molecule has 1 aromatic rings. The standard InChI is InChI=1S/C10H16N4O2S/c11-6-8-2-1-5-14(8)10-4-3-9(7-13-10)17(12,15)16/h3-4,7-8H,1-2,5-6,11H2,(H2,12,15,16). The number of primary sulfonamides is 1. The van der Waals surface area contributed by atoms with Crippen molar-refractivity contribution in [2.75, 3.05) is 18.0 Å². The third-order valence-corrected chi connectivity index (χ3v) is 3.89. The first-order valence-corrected chi connectivity index (χ1v) is 7.02. The minimum Gasteiger partial charge on any atom is -0.352 e. The van der Waals surface area contributed by atoms with E-state index in [1.165, 1.54) is 12.3 Å². The summed E-state index contributed by atoms with van der Waals surface area (Å²) in [6.07, 6.45) is 3.42. The highest BCUT2D eigenvalue weighted by Gasteiger charge is 2.24. The van der Waals surface area contributed by atoms with E-state index in [0.29, 0.717) is 12.6 Å². The Morgan fingerprint density at radius 1 is 1.47 bits per heavy atom. The molecule has 0 spiro atoms. The lowest BCUT2D eigenvalue weighted by Gasteiger charge is -2.24. The fourth-order valence-corrected chi connectivity index (χ4v) is 2.55. The predicted octanol–water partition coefficient (Wildman–Crippen LogP) is -0.344. The van der Waals surface area contributed by atoms with Crippen LogP contribution < -0.4 is 15.8 Å². The molecule has 1 unspecified atom stereocenters. The largest absolute Gasteiger partial charge is 0.352 e. The van der Waals surface area contributed by atoms with Gasteiger partial charge >= 0.3 is 0 Å². The second kappa shape index (κ2) is 4.59. The molecule has 0 radical (unpaired) electrons. The number of nitrogens with two attached hydrogens (primary N) is 2. The highest BCUT2D eigenvalue weighted by atomic mass is 32.2. The molecular formula is C10H16N4O2S. The average molecular weight is 256 g/mol. The first-order valence-electron chi connectivity index (χ1n) is 5.48. The summed E-state index contributed by atoms with van der Waals surface area (Å²) in [7, 11) is -3.67. The molecule has 1 aliphatic rings. The number of nitrogens with zero attached hydrogens (tertiary/aromatic N) is 2. The number of sulfonamides is 1. The summed E-state index contributed by atoms with van der Waals surface area (Å²) in [5, 5.41) is 5.01. The third kappa shape index (κ3) is 2.56. The fourth-order valence-electron chi connectivity index (χ4n) is 2.09. The number of pyridine rings is 1. The molecule has 0 saturated carbocycles. The second-order valence-corrected chi connectivity index (χ2v) is 5.68. The van der Waals surface area contributed by atoms with Gasteiger partial charge in [0.15, 0.2) is 0 Å². The molecule has 1 aromatic heterocycles. The minimum atomic E-state index is -3.67. The van der Waals surface area contributed by atoms with Gasteiger partial charge in [0.25, 0.3) is 0 Å². The molecule has 0 bridgehead atoms. The quantitative estimate of drug-likeness (QED) is 0.770. The van der Waals surface area contributed by atoms with Gasteiger partial charge in [0.2, 0.25) is 10.0 Å². The van der Waals surface area contributed by atoms with Crippen molar-refractivity contribution in [2.45, 2.75) is 23.8 Å². The average Bonchev–Trinajstić information content (AvgIpc) is 2.76. The van der Waals surface area contributed by atoms with Crippen molar-refractivity contribution < 1.29 is 8.42 Å². The maximum Gasteiger partial charge on any atom is 0.239 e. The number of anilines is 1. The van der Waals surface area contributed by atoms with Crippen LogP contribution in [0, 0.1) is 0 Å². The number of hydrogen-bond acceptors (Lipinski definition) is 5. The van der Waals surface area contributed by atoms with Crippen LogP contribution in [-0.2, 0) is 10.0 Å². The van der Waals surface area contributed by atoms with Gasteiger partial charge in [-0.2, -0.15) is 0 Å². The van der Waals surface area contributed by atoms with Crippen molar-refractivity contribution in [1.29, 1.82) is 0 Å². The number of aromatic nitrogens is 1. The zero-order valence-corrected chi connectivity index (χ0v) is 10.2. The first-order chi connectivity index (χ1) is 8.02. The van der Waals surface area contributed by atoms with Crippen molar-refractivity contribution in [3.8, 4) is 0 Å². The zero-order chi connectivity index (χ0) is 12.5. The van der Waals surface area contributed by atoms with Crippen LogP contribution in [0.3, 0.4) is 0 Å². The van der Waals surface area contributed by atoms with E-state index in [1.54, 1.807) is 6.07 Å². The van der Waals surface area contributed by atoms with E-state index in [1.807, 2.05) is 0 Å². The first kappa shape index (κ1) is 12.3. The van der Waals surface area contributed by atoms with Crippen LogP contribution in [0.1, 0.15) is 12.8 Å². The summed E-state index contributed by atoms with van der Waals surface area (Å²) in [6, 6.07) is 3.44. The molecule has 0 amide bonds. The van der Waals surface area contributed by atoms with Gasteiger partial charge in [0.1, 0.15) is 10.7 Å². The summed E-state index contributed by atoms with van der Waals surface area (Å²) in [5.74, 6) is 0.755. The van der Waals surface area contributed by atoms with Crippen LogP contribution in [-0.4, -0.2) is 32.5 Å². The van der Waals surface area contributed by atoms with Gasteiger partial charge in [0, 0.05) is 25.3 Å². The van der Waals surface area contributed by atoms with Gasteiger partial charge in [-0.25, -0.2) is 18.5 Å². The monoisotopic (exact) mass is 256 g/mol. The second-order valence-electron chi connectivity index (χ2n) is 4.12. The van der Waals surface area contributed by atoms with Crippen LogP contribution in [0.25, 0.3) is 0 Å². The summed E-state index contributed by atoms with van der Waals surface area (Å²) in [4.78, 5) is 6.27. The fraction of sp³-hybridized carbons (Fsp3) is 0.500. The summed E-state index contributed by atoms with van der Waals surface area (Å²) < 4.78 is 22.2. The lowest BCUT2D eigenvalue weighted by Crippen LogP contribution is -2.35. The van der Waals surface area contributed by atoms with Gasteiger partial charge in [0.05, 0.1) is 0 Å². The molecule has 94 valence electrons. The van der Waals surface area contributed by atoms with Gasteiger partial charge < -0.3 is 10.6 Å². The Morgan fingerprint density at radius 2 is 2.24 bits per heavy atom. The van der Waals surface area contributed by atoms with Crippen molar-refractivity contribution in [3.05, 3.63) is 18.3 Å². The Hall–Kier alpha value is -1.18. The van der Waals surface area contributed by atoms with Crippen molar-refractivity contribution >= 4 is 15.8 Å². The Kier molecular flexibility index (Phi) is 3.32. The highest BCUT2D eigenvalue weighted by Crippen LogP contribution is 2.23. The van der Waals surface area contributed by atoms with Crippen LogP contribution in [0.4, 0.5) is 5.82 Å². The molecule has 1 aliphatic heterocycles. The Morgan fingerprint density at radius 3 is 2.76 bits per heavy atom. The molecule has 0 aliphatic carbocycles. The summed E-state index contributed by atoms with van der Waals surface area (Å²) in [6.45, 7) is 1.49. The lowest BCUT2D eigenvalue weighted by molar-refractivity contribution is 0.597. The summed E-state index contributed by atoms with van der Waals surface area (Å²) in [5.41, 5.74) is 5.68. The van der Waals surface area contributed by atoms with Crippen LogP contribution in [0.15, 0.2) is 23.2 Å². The molecule has 4 N–H and O–H groups in total. The van der Waals surface area contributed by atoms with Crippen LogP contribution >= 0.6 is 0 Å². The molecule has 1 saturated heterocycles. The molecule has 7 heteroatoms. The van der Waals surface area contributed by atoms with Crippen LogP contribution in [0.5, 0.6) is 0 Å². The molecule has 2 rings (SSSR count). The minimum absolute atomic E-state index is 0.0322. The Balaban J connectivity index is 2.24. The van der Waals surface area contributed by atoms with E-state index < -0.39 is 10.0 Å². The molecule has 17 heavy (non-hydrogen) atoms. The SMILES string of the molecule is NCC1CCCN1c1ccc(S(N)(=O)=O)cn1. The van der Waals surface area contributed by atoms with Crippen molar-refractivity contribution in [2.24, 2.45) is 10.9 Å². The highest BCUT2D eigenvalue weighted by molar-refractivity contribution is 7.89. The molecule has 2 heterocycles. The molecule has 1 atom stereocenters. The molecule has 1 fully saturated rings. The summed E-state index contributed by atoms with van der Waals surface area (Å²) >= 11 is 0. The zero-order valence-electron chi connectivity index (χ0n) is 9.41. The van der Waals surface area contributed by atoms with Gasteiger partial charge in [-0.3, -0.25) is 0 Å². The van der Waals surface area contributed by atoms with Crippen molar-refractivity contribution in [1.82, 2.24) is 4.98 Å². The van der Waals surface area contributed by atoms with E-state index in [0.717, 1.165) is 25.2 Å². The molecular weight excluding hydrogens is 240 g/mol. The number of hydrogen-bond donors (Lipinski definition) is 2.